The van der Waals surface area contributed by atoms with E-state index in [0.29, 0.717) is 0 Å². The molecule has 0 N–H and O–H groups in total. The highest BCUT2D eigenvalue weighted by atomic mass is 14.2. The van der Waals surface area contributed by atoms with Crippen molar-refractivity contribution in [3.63, 3.8) is 0 Å². The molecule has 5 rings (SSSR count). The Morgan fingerprint density at radius 3 is 0.875 bits per heavy atom. The molecule has 1 aliphatic rings. The van der Waals surface area contributed by atoms with Crippen molar-refractivity contribution in [1.29, 1.82) is 0 Å². The fourth-order valence-corrected chi connectivity index (χ4v) is 4.14. The zero-order valence-corrected chi connectivity index (χ0v) is 13.8. The predicted octanol–water partition coefficient (Wildman–Crippen LogP) is 5.88. The van der Waals surface area contributed by atoms with E-state index < -0.39 is 0 Å². The fourth-order valence-electron chi connectivity index (χ4n) is 4.14. The van der Waals surface area contributed by atoms with Crippen molar-refractivity contribution in [2.45, 2.75) is 25.7 Å². The van der Waals surface area contributed by atoms with E-state index in [9.17, 15) is 0 Å². The van der Waals surface area contributed by atoms with E-state index in [2.05, 4.69) is 72.8 Å². The molecule has 0 saturated carbocycles. The minimum Gasteiger partial charge on any atom is -0.0616 e. The molecular weight excluding hydrogens is 288 g/mol. The minimum absolute atomic E-state index is 1.14. The number of fused-ring (bicyclic) bond motifs is 4. The highest BCUT2D eigenvalue weighted by Gasteiger charge is 2.13. The zero-order valence-electron chi connectivity index (χ0n) is 13.8. The van der Waals surface area contributed by atoms with Gasteiger partial charge in [-0.3, -0.25) is 0 Å². The van der Waals surface area contributed by atoms with Gasteiger partial charge in [0, 0.05) is 0 Å². The van der Waals surface area contributed by atoms with E-state index in [-0.39, 0.29) is 0 Å². The fraction of sp³-hybridized carbons (Fsp3) is 0.167. The highest BCUT2D eigenvalue weighted by molar-refractivity contribution is 5.85. The molecule has 0 bridgehead atoms. The summed E-state index contributed by atoms with van der Waals surface area (Å²) in [5.41, 5.74) is 6.14. The van der Waals surface area contributed by atoms with Crippen molar-refractivity contribution in [1.82, 2.24) is 0 Å². The van der Waals surface area contributed by atoms with Crippen LogP contribution in [0.3, 0.4) is 0 Å². The maximum absolute atomic E-state index is 2.41. The summed E-state index contributed by atoms with van der Waals surface area (Å²) in [5.74, 6) is 0. The average Bonchev–Trinajstić information content (AvgIpc) is 2.62. The topological polar surface area (TPSA) is 0 Å². The lowest BCUT2D eigenvalue weighted by molar-refractivity contribution is 0.844. The number of aryl methyl sites for hydroxylation is 4. The third kappa shape index (κ3) is 2.30. The molecule has 1 aliphatic carbocycles. The Hall–Kier alpha value is -2.60. The van der Waals surface area contributed by atoms with Crippen molar-refractivity contribution in [2.75, 3.05) is 0 Å². The molecular formula is C24H20. The quantitative estimate of drug-likeness (QED) is 0.381. The van der Waals surface area contributed by atoms with E-state index in [4.69, 9.17) is 0 Å². The molecule has 116 valence electrons. The van der Waals surface area contributed by atoms with Gasteiger partial charge in [0.15, 0.2) is 0 Å². The van der Waals surface area contributed by atoms with Gasteiger partial charge in [0.1, 0.15) is 0 Å². The lowest BCUT2D eigenvalue weighted by Gasteiger charge is -2.19. The Balaban J connectivity index is 1.60. The normalized spacial score (nSPS) is 14.0. The Kier molecular flexibility index (Phi) is 3.16. The maximum atomic E-state index is 2.41. The third-order valence-corrected chi connectivity index (χ3v) is 5.46. The van der Waals surface area contributed by atoms with Crippen molar-refractivity contribution in [3.8, 4) is 0 Å². The van der Waals surface area contributed by atoms with Gasteiger partial charge < -0.3 is 0 Å². The van der Waals surface area contributed by atoms with E-state index in [1.54, 1.807) is 0 Å². The van der Waals surface area contributed by atoms with Crippen LogP contribution in [0.4, 0.5) is 0 Å². The summed E-state index contributed by atoms with van der Waals surface area (Å²) in [7, 11) is 0. The Morgan fingerprint density at radius 1 is 0.375 bits per heavy atom. The molecule has 24 heavy (non-hydrogen) atoms. The van der Waals surface area contributed by atoms with Gasteiger partial charge >= 0.3 is 0 Å². The number of hydrogen-bond donors (Lipinski definition) is 0. The number of benzene rings is 4. The van der Waals surface area contributed by atoms with Crippen LogP contribution >= 0.6 is 0 Å². The number of hydrogen-bond acceptors (Lipinski definition) is 0. The van der Waals surface area contributed by atoms with Gasteiger partial charge in [0.25, 0.3) is 0 Å². The smallest absolute Gasteiger partial charge is 0.0181 e. The largest absolute Gasteiger partial charge is 0.0616 e. The molecule has 4 aromatic carbocycles. The average molecular weight is 308 g/mol. The molecule has 0 aliphatic heterocycles. The summed E-state index contributed by atoms with van der Waals surface area (Å²) in [5, 5.41) is 5.48. The second-order valence-corrected chi connectivity index (χ2v) is 6.94. The lowest BCUT2D eigenvalue weighted by Crippen LogP contribution is -2.07. The first-order chi connectivity index (χ1) is 11.9. The first-order valence-electron chi connectivity index (χ1n) is 8.88. The molecule has 0 nitrogen and oxygen atoms in total. The van der Waals surface area contributed by atoms with Gasteiger partial charge in [0.05, 0.1) is 0 Å². The predicted molar refractivity (Wildman–Crippen MR) is 103 cm³/mol. The first kappa shape index (κ1) is 13.8. The van der Waals surface area contributed by atoms with Crippen LogP contribution in [0.25, 0.3) is 21.5 Å². The molecule has 0 radical (unpaired) electrons. The van der Waals surface area contributed by atoms with Crippen LogP contribution in [0.5, 0.6) is 0 Å². The summed E-state index contributed by atoms with van der Waals surface area (Å²) in [6.45, 7) is 0. The lowest BCUT2D eigenvalue weighted by atomic mass is 9.86. The third-order valence-electron chi connectivity index (χ3n) is 5.46. The summed E-state index contributed by atoms with van der Waals surface area (Å²) < 4.78 is 0. The van der Waals surface area contributed by atoms with Crippen molar-refractivity contribution in [3.05, 3.63) is 95.1 Å². The van der Waals surface area contributed by atoms with E-state index in [0.717, 1.165) is 25.7 Å². The Labute approximate surface area is 142 Å². The van der Waals surface area contributed by atoms with Gasteiger partial charge in [0.2, 0.25) is 0 Å². The summed E-state index contributed by atoms with van der Waals surface area (Å²) in [4.78, 5) is 0. The van der Waals surface area contributed by atoms with Crippen LogP contribution in [-0.4, -0.2) is 0 Å². The molecule has 0 atom stereocenters. The van der Waals surface area contributed by atoms with E-state index in [1.807, 2.05) is 0 Å². The standard InChI is InChI=1S/C24H20/c1-2-6-18-14-22-11-12-24-16-20-8-4-3-7-19(20)15-23(24)10-9-21(22)13-17(18)5-1/h1-8,13-16H,9-12H2. The van der Waals surface area contributed by atoms with Crippen LogP contribution in [0.1, 0.15) is 22.3 Å². The zero-order chi connectivity index (χ0) is 15.9. The van der Waals surface area contributed by atoms with Gasteiger partial charge in [-0.1, -0.05) is 72.8 Å². The van der Waals surface area contributed by atoms with Crippen molar-refractivity contribution in [2.24, 2.45) is 0 Å². The van der Waals surface area contributed by atoms with Crippen molar-refractivity contribution >= 4 is 21.5 Å². The first-order valence-corrected chi connectivity index (χ1v) is 8.88. The summed E-state index contributed by atoms with van der Waals surface area (Å²) >= 11 is 0. The summed E-state index contributed by atoms with van der Waals surface area (Å²) in [6, 6.07) is 27.1. The minimum atomic E-state index is 1.14. The van der Waals surface area contributed by atoms with E-state index >= 15 is 0 Å². The molecule has 0 aromatic heterocycles. The van der Waals surface area contributed by atoms with Gasteiger partial charge in [-0.2, -0.15) is 0 Å². The van der Waals surface area contributed by atoms with Crippen molar-refractivity contribution < 1.29 is 0 Å². The molecule has 0 unspecified atom stereocenters. The van der Waals surface area contributed by atoms with Gasteiger partial charge in [-0.25, -0.2) is 0 Å². The second kappa shape index (κ2) is 5.49. The maximum Gasteiger partial charge on any atom is -0.0181 e. The molecule has 4 aromatic rings. The molecule has 0 spiro atoms. The highest BCUT2D eigenvalue weighted by Crippen LogP contribution is 2.28. The molecule has 0 fully saturated rings. The molecule has 0 heteroatoms. The number of rotatable bonds is 0. The van der Waals surface area contributed by atoms with Crippen LogP contribution in [0, 0.1) is 0 Å². The van der Waals surface area contributed by atoms with Gasteiger partial charge in [-0.05, 0) is 69.5 Å². The molecule has 0 heterocycles. The SMILES string of the molecule is c1ccc2cc3c(cc2c1)CCc1cc2ccccc2cc1CC3. The van der Waals surface area contributed by atoms with Crippen LogP contribution in [0.2, 0.25) is 0 Å². The monoisotopic (exact) mass is 308 g/mol. The van der Waals surface area contributed by atoms with Crippen LogP contribution in [0.15, 0.2) is 72.8 Å². The van der Waals surface area contributed by atoms with Crippen LogP contribution in [-0.2, 0) is 25.7 Å². The van der Waals surface area contributed by atoms with E-state index in [1.165, 1.54) is 43.8 Å². The molecule has 0 amide bonds. The second-order valence-electron chi connectivity index (χ2n) is 6.94. The molecule has 0 saturated heterocycles. The van der Waals surface area contributed by atoms with Gasteiger partial charge in [-0.15, -0.1) is 0 Å². The Bertz CT molecular complexity index is 884. The summed E-state index contributed by atoms with van der Waals surface area (Å²) in [6.07, 6.45) is 4.58. The Morgan fingerprint density at radius 2 is 0.625 bits per heavy atom. The van der Waals surface area contributed by atoms with Crippen LogP contribution < -0.4 is 0 Å².